The van der Waals surface area contributed by atoms with Crippen LogP contribution in [0.1, 0.15) is 27.2 Å². The number of carbonyl (C=O) groups excluding carboxylic acids is 2. The van der Waals surface area contributed by atoms with Gasteiger partial charge in [0.15, 0.2) is 0 Å². The SMILES string of the molecule is CCOC(=O)C1=C(C)NC(=O)C(C)C1. The van der Waals surface area contributed by atoms with Crippen LogP contribution in [0, 0.1) is 5.92 Å². The van der Waals surface area contributed by atoms with Crippen LogP contribution in [-0.4, -0.2) is 18.5 Å². The molecular weight excluding hydrogens is 182 g/mol. The summed E-state index contributed by atoms with van der Waals surface area (Å²) < 4.78 is 4.89. The first kappa shape index (κ1) is 10.8. The molecule has 4 heteroatoms. The van der Waals surface area contributed by atoms with Crippen molar-refractivity contribution in [3.8, 4) is 0 Å². The Morgan fingerprint density at radius 3 is 2.86 bits per heavy atom. The Balaban J connectivity index is 2.81. The lowest BCUT2D eigenvalue weighted by Crippen LogP contribution is -2.35. The Kier molecular flexibility index (Phi) is 3.28. The highest BCUT2D eigenvalue weighted by Gasteiger charge is 2.26. The second kappa shape index (κ2) is 4.26. The Hall–Kier alpha value is -1.32. The van der Waals surface area contributed by atoms with Crippen LogP contribution in [0.3, 0.4) is 0 Å². The maximum atomic E-state index is 11.4. The van der Waals surface area contributed by atoms with Gasteiger partial charge in [-0.15, -0.1) is 0 Å². The number of amides is 1. The van der Waals surface area contributed by atoms with E-state index in [1.165, 1.54) is 0 Å². The molecule has 0 radical (unpaired) electrons. The van der Waals surface area contributed by atoms with Gasteiger partial charge in [0.25, 0.3) is 0 Å². The molecule has 0 aliphatic carbocycles. The van der Waals surface area contributed by atoms with E-state index >= 15 is 0 Å². The van der Waals surface area contributed by atoms with Crippen LogP contribution in [0.25, 0.3) is 0 Å². The van der Waals surface area contributed by atoms with E-state index in [0.717, 1.165) is 0 Å². The van der Waals surface area contributed by atoms with Crippen molar-refractivity contribution < 1.29 is 14.3 Å². The third kappa shape index (κ3) is 2.13. The summed E-state index contributed by atoms with van der Waals surface area (Å²) in [5.41, 5.74) is 1.20. The van der Waals surface area contributed by atoms with Gasteiger partial charge in [0.2, 0.25) is 5.91 Å². The molecule has 14 heavy (non-hydrogen) atoms. The summed E-state index contributed by atoms with van der Waals surface area (Å²) in [6.45, 7) is 5.63. The molecule has 1 heterocycles. The second-order valence-electron chi connectivity index (χ2n) is 3.42. The van der Waals surface area contributed by atoms with Crippen LogP contribution < -0.4 is 5.32 Å². The molecule has 1 N–H and O–H groups in total. The minimum absolute atomic E-state index is 0.0319. The van der Waals surface area contributed by atoms with Crippen molar-refractivity contribution in [1.82, 2.24) is 5.32 Å². The predicted octanol–water partition coefficient (Wildman–Crippen LogP) is 0.980. The molecule has 1 aliphatic heterocycles. The van der Waals surface area contributed by atoms with E-state index in [4.69, 9.17) is 4.74 Å². The monoisotopic (exact) mass is 197 g/mol. The fraction of sp³-hybridized carbons (Fsp3) is 0.600. The standard InChI is InChI=1S/C10H15NO3/c1-4-14-10(13)8-5-6(2)9(12)11-7(8)3/h6H,4-5H2,1-3H3,(H,11,12). The van der Waals surface area contributed by atoms with Gasteiger partial charge in [-0.25, -0.2) is 4.79 Å². The molecule has 0 aromatic carbocycles. The molecule has 1 rings (SSSR count). The zero-order valence-corrected chi connectivity index (χ0v) is 8.72. The third-order valence-electron chi connectivity index (χ3n) is 2.24. The average molecular weight is 197 g/mol. The summed E-state index contributed by atoms with van der Waals surface area (Å²) in [5.74, 6) is -0.509. The van der Waals surface area contributed by atoms with Gasteiger partial charge in [0.1, 0.15) is 0 Å². The van der Waals surface area contributed by atoms with E-state index in [1.54, 1.807) is 20.8 Å². The fourth-order valence-corrected chi connectivity index (χ4v) is 1.39. The Bertz CT molecular complexity index is 294. The fourth-order valence-electron chi connectivity index (χ4n) is 1.39. The largest absolute Gasteiger partial charge is 0.463 e. The Labute approximate surface area is 83.3 Å². The van der Waals surface area contributed by atoms with Crippen molar-refractivity contribution in [2.75, 3.05) is 6.61 Å². The van der Waals surface area contributed by atoms with Crippen molar-refractivity contribution >= 4 is 11.9 Å². The summed E-state index contributed by atoms with van der Waals surface area (Å²) in [7, 11) is 0. The topological polar surface area (TPSA) is 55.4 Å². The normalized spacial score (nSPS) is 21.9. The first-order valence-corrected chi connectivity index (χ1v) is 4.74. The molecular formula is C10H15NO3. The number of hydrogen-bond acceptors (Lipinski definition) is 3. The van der Waals surface area contributed by atoms with E-state index < -0.39 is 0 Å². The summed E-state index contributed by atoms with van der Waals surface area (Å²) in [6, 6.07) is 0. The molecule has 0 aromatic rings. The molecule has 0 saturated heterocycles. The van der Waals surface area contributed by atoms with Crippen molar-refractivity contribution in [2.45, 2.75) is 27.2 Å². The van der Waals surface area contributed by atoms with Gasteiger partial charge in [0.05, 0.1) is 12.2 Å². The van der Waals surface area contributed by atoms with Crippen LogP contribution in [0.4, 0.5) is 0 Å². The minimum atomic E-state index is -0.322. The lowest BCUT2D eigenvalue weighted by molar-refractivity contribution is -0.139. The quantitative estimate of drug-likeness (QED) is 0.671. The molecule has 1 amide bonds. The molecule has 0 aromatic heterocycles. The Morgan fingerprint density at radius 1 is 1.64 bits per heavy atom. The molecule has 0 saturated carbocycles. The van der Waals surface area contributed by atoms with E-state index in [1.807, 2.05) is 0 Å². The van der Waals surface area contributed by atoms with Gasteiger partial charge in [-0.1, -0.05) is 6.92 Å². The van der Waals surface area contributed by atoms with Crippen LogP contribution in [0.15, 0.2) is 11.3 Å². The summed E-state index contributed by atoms with van der Waals surface area (Å²) in [6.07, 6.45) is 0.469. The van der Waals surface area contributed by atoms with Gasteiger partial charge >= 0.3 is 5.97 Å². The number of ether oxygens (including phenoxy) is 1. The van der Waals surface area contributed by atoms with Gasteiger partial charge in [-0.05, 0) is 20.3 Å². The number of nitrogens with one attached hydrogen (secondary N) is 1. The predicted molar refractivity (Wildman–Crippen MR) is 51.3 cm³/mol. The van der Waals surface area contributed by atoms with Crippen molar-refractivity contribution in [1.29, 1.82) is 0 Å². The lowest BCUT2D eigenvalue weighted by Gasteiger charge is -2.21. The first-order valence-electron chi connectivity index (χ1n) is 4.74. The maximum Gasteiger partial charge on any atom is 0.335 e. The molecule has 1 atom stereocenters. The van der Waals surface area contributed by atoms with Gasteiger partial charge in [0, 0.05) is 11.6 Å². The summed E-state index contributed by atoms with van der Waals surface area (Å²) in [5, 5.41) is 2.66. The zero-order chi connectivity index (χ0) is 10.7. The lowest BCUT2D eigenvalue weighted by atomic mass is 9.95. The second-order valence-corrected chi connectivity index (χ2v) is 3.42. The average Bonchev–Trinajstić information content (AvgIpc) is 2.11. The van der Waals surface area contributed by atoms with E-state index in [0.29, 0.717) is 24.3 Å². The van der Waals surface area contributed by atoms with Crippen molar-refractivity contribution in [2.24, 2.45) is 5.92 Å². The van der Waals surface area contributed by atoms with Crippen LogP contribution >= 0.6 is 0 Å². The third-order valence-corrected chi connectivity index (χ3v) is 2.24. The van der Waals surface area contributed by atoms with Gasteiger partial charge in [-0.3, -0.25) is 4.79 Å². The van der Waals surface area contributed by atoms with E-state index in [-0.39, 0.29) is 17.8 Å². The van der Waals surface area contributed by atoms with Gasteiger partial charge in [-0.2, -0.15) is 0 Å². The molecule has 0 bridgehead atoms. The Morgan fingerprint density at radius 2 is 2.29 bits per heavy atom. The van der Waals surface area contributed by atoms with Crippen molar-refractivity contribution in [3.05, 3.63) is 11.3 Å². The van der Waals surface area contributed by atoms with E-state index in [2.05, 4.69) is 5.32 Å². The van der Waals surface area contributed by atoms with Crippen molar-refractivity contribution in [3.63, 3.8) is 0 Å². The number of carbonyl (C=O) groups is 2. The minimum Gasteiger partial charge on any atom is -0.463 e. The highest BCUT2D eigenvalue weighted by Crippen LogP contribution is 2.20. The number of rotatable bonds is 2. The van der Waals surface area contributed by atoms with Gasteiger partial charge < -0.3 is 10.1 Å². The van der Waals surface area contributed by atoms with Crippen LogP contribution in [-0.2, 0) is 14.3 Å². The van der Waals surface area contributed by atoms with Crippen LogP contribution in [0.5, 0.6) is 0 Å². The summed E-state index contributed by atoms with van der Waals surface area (Å²) >= 11 is 0. The highest BCUT2D eigenvalue weighted by atomic mass is 16.5. The van der Waals surface area contributed by atoms with Crippen LogP contribution in [0.2, 0.25) is 0 Å². The molecule has 1 unspecified atom stereocenters. The number of allylic oxidation sites excluding steroid dienone is 1. The molecule has 4 nitrogen and oxygen atoms in total. The zero-order valence-electron chi connectivity index (χ0n) is 8.72. The maximum absolute atomic E-state index is 11.4. The number of hydrogen-bond donors (Lipinski definition) is 1. The highest BCUT2D eigenvalue weighted by molar-refractivity contribution is 5.94. The smallest absolute Gasteiger partial charge is 0.335 e. The number of esters is 1. The molecule has 0 fully saturated rings. The molecule has 0 spiro atoms. The summed E-state index contributed by atoms with van der Waals surface area (Å²) in [4.78, 5) is 22.7. The molecule has 1 aliphatic rings. The van der Waals surface area contributed by atoms with E-state index in [9.17, 15) is 9.59 Å². The molecule has 78 valence electrons. The first-order chi connectivity index (χ1) is 6.56.